The molecule has 0 fully saturated rings. The van der Waals surface area contributed by atoms with Crippen LogP contribution in [0.5, 0.6) is 17.2 Å². The van der Waals surface area contributed by atoms with Gasteiger partial charge in [-0.3, -0.25) is 14.8 Å². The van der Waals surface area contributed by atoms with Crippen LogP contribution in [0, 0.1) is 13.8 Å². The number of hydrogen-bond donors (Lipinski definition) is 0. The number of benzene rings is 4. The Bertz CT molecular complexity index is 2040. The smallest absolute Gasteiger partial charge is 0.348 e. The molecule has 0 bridgehead atoms. The molecule has 0 spiro atoms. The number of para-hydroxylation sites is 2. The van der Waals surface area contributed by atoms with Gasteiger partial charge in [-0.2, -0.15) is 0 Å². The first-order valence-electron chi connectivity index (χ1n) is 14.4. The molecule has 0 aliphatic rings. The second-order valence-electron chi connectivity index (χ2n) is 10.4. The molecular weight excluding hydrogens is 623 g/mol. The van der Waals surface area contributed by atoms with Crippen molar-refractivity contribution in [3.63, 3.8) is 0 Å². The predicted octanol–water partition coefficient (Wildman–Crippen LogP) is 9.16. The molecule has 0 aliphatic carbocycles. The second kappa shape index (κ2) is 14.9. The van der Waals surface area contributed by atoms with Gasteiger partial charge in [0.05, 0.1) is 18.6 Å². The summed E-state index contributed by atoms with van der Waals surface area (Å²) in [7, 11) is 1.49. The van der Waals surface area contributed by atoms with Crippen molar-refractivity contribution in [3.8, 4) is 17.2 Å². The molecule has 0 saturated heterocycles. The number of aromatic nitrogens is 2. The molecule has 2 aromatic heterocycles. The van der Waals surface area contributed by atoms with E-state index in [-0.39, 0.29) is 23.0 Å². The highest BCUT2D eigenvalue weighted by Gasteiger charge is 2.21. The second-order valence-corrected chi connectivity index (χ2v) is 11.2. The van der Waals surface area contributed by atoms with Gasteiger partial charge < -0.3 is 14.2 Å². The van der Waals surface area contributed by atoms with Gasteiger partial charge in [-0.15, -0.1) is 0 Å². The van der Waals surface area contributed by atoms with Gasteiger partial charge in [0.15, 0.2) is 11.5 Å². The molecule has 0 saturated carbocycles. The zero-order chi connectivity index (χ0) is 32.6. The van der Waals surface area contributed by atoms with Crippen molar-refractivity contribution in [1.29, 1.82) is 0 Å². The fourth-order valence-electron chi connectivity index (χ4n) is 4.85. The molecule has 9 heteroatoms. The van der Waals surface area contributed by atoms with Gasteiger partial charge in [0, 0.05) is 28.2 Å². The van der Waals surface area contributed by atoms with E-state index in [1.165, 1.54) is 7.11 Å². The number of ether oxygens (including phenoxy) is 3. The highest BCUT2D eigenvalue weighted by molar-refractivity contribution is 6.34. The molecule has 0 unspecified atom stereocenters. The third kappa shape index (κ3) is 7.62. The lowest BCUT2D eigenvalue weighted by Gasteiger charge is -2.13. The summed E-state index contributed by atoms with van der Waals surface area (Å²) in [5.74, 6) is 0.417. The van der Waals surface area contributed by atoms with Gasteiger partial charge in [0.2, 0.25) is 0 Å². The number of nitrogens with zero attached hydrogens (tertiary/aromatic N) is 2. The highest BCUT2D eigenvalue weighted by Crippen LogP contribution is 2.32. The topological polar surface area (TPSA) is 87.6 Å². The number of halogens is 2. The largest absolute Gasteiger partial charge is 0.496 e. The average Bonchev–Trinajstić information content (AvgIpc) is 3.06. The van der Waals surface area contributed by atoms with Crippen LogP contribution in [0.15, 0.2) is 103 Å². The minimum absolute atomic E-state index is 0.210. The molecule has 46 heavy (non-hydrogen) atoms. The van der Waals surface area contributed by atoms with Crippen LogP contribution >= 0.6 is 23.2 Å². The lowest BCUT2D eigenvalue weighted by Crippen LogP contribution is -2.12. The molecule has 6 aromatic rings. The first-order valence-corrected chi connectivity index (χ1v) is 15.2. The quantitative estimate of drug-likeness (QED) is 0.125. The fraction of sp³-hybridized carbons (Fsp3) is 0.135. The Morgan fingerprint density at radius 1 is 0.717 bits per heavy atom. The molecule has 4 aromatic carbocycles. The monoisotopic (exact) mass is 652 g/mol. The number of methoxy groups -OCH3 is 1. The van der Waals surface area contributed by atoms with E-state index in [0.29, 0.717) is 39.7 Å². The van der Waals surface area contributed by atoms with Crippen LogP contribution in [0.25, 0.3) is 21.8 Å². The van der Waals surface area contributed by atoms with Gasteiger partial charge in [-0.05, 0) is 73.4 Å². The van der Waals surface area contributed by atoms with Crippen LogP contribution in [-0.2, 0) is 11.2 Å². The van der Waals surface area contributed by atoms with E-state index >= 15 is 0 Å². The van der Waals surface area contributed by atoms with Crippen LogP contribution in [0.2, 0.25) is 10.0 Å². The van der Waals surface area contributed by atoms with Crippen LogP contribution < -0.4 is 14.2 Å². The molecule has 0 N–H and O–H groups in total. The fourth-order valence-corrected chi connectivity index (χ4v) is 5.41. The summed E-state index contributed by atoms with van der Waals surface area (Å²) in [6, 6.07) is 27.7. The van der Waals surface area contributed by atoms with E-state index in [1.54, 1.807) is 36.7 Å². The molecule has 232 valence electrons. The maximum atomic E-state index is 12.6. The van der Waals surface area contributed by atoms with E-state index in [9.17, 15) is 9.59 Å². The van der Waals surface area contributed by atoms with E-state index < -0.39 is 5.97 Å². The first-order chi connectivity index (χ1) is 22.2. The van der Waals surface area contributed by atoms with E-state index in [4.69, 9.17) is 37.4 Å². The predicted molar refractivity (Wildman–Crippen MR) is 181 cm³/mol. The minimum atomic E-state index is -0.575. The van der Waals surface area contributed by atoms with E-state index in [0.717, 1.165) is 27.5 Å². The van der Waals surface area contributed by atoms with Crippen LogP contribution in [-0.4, -0.2) is 29.0 Å². The number of aryl methyl sites for hydroxylation is 3. The summed E-state index contributed by atoms with van der Waals surface area (Å²) in [6.45, 7) is 3.82. The number of esters is 2. The number of rotatable bonds is 7. The van der Waals surface area contributed by atoms with Gasteiger partial charge in [-0.25, -0.2) is 4.79 Å². The Morgan fingerprint density at radius 3 is 1.93 bits per heavy atom. The number of pyridine rings is 2. The van der Waals surface area contributed by atoms with Crippen molar-refractivity contribution in [1.82, 2.24) is 9.97 Å². The molecule has 2 heterocycles. The zero-order valence-corrected chi connectivity index (χ0v) is 26.9. The average molecular weight is 654 g/mol. The molecular formula is C37H30Cl2N2O5. The Kier molecular flexibility index (Phi) is 10.5. The van der Waals surface area contributed by atoms with Crippen molar-refractivity contribution < 1.29 is 23.8 Å². The number of carbonyl (C=O) groups is 2. The Balaban J connectivity index is 0.000000181. The highest BCUT2D eigenvalue weighted by atomic mass is 35.5. The summed E-state index contributed by atoms with van der Waals surface area (Å²) >= 11 is 12.4. The lowest BCUT2D eigenvalue weighted by atomic mass is 10.1. The van der Waals surface area contributed by atoms with Crippen molar-refractivity contribution >= 4 is 56.9 Å². The summed E-state index contributed by atoms with van der Waals surface area (Å²) in [4.78, 5) is 33.3. The third-order valence-electron chi connectivity index (χ3n) is 7.14. The maximum Gasteiger partial charge on any atom is 0.348 e. The normalized spacial score (nSPS) is 10.6. The van der Waals surface area contributed by atoms with Crippen molar-refractivity contribution in [3.05, 3.63) is 136 Å². The summed E-state index contributed by atoms with van der Waals surface area (Å²) < 4.78 is 16.3. The molecule has 6 rings (SSSR count). The molecule has 7 nitrogen and oxygen atoms in total. The summed E-state index contributed by atoms with van der Waals surface area (Å²) in [5.41, 5.74) is 4.37. The maximum absolute atomic E-state index is 12.6. The molecule has 0 atom stereocenters. The third-order valence-corrected chi connectivity index (χ3v) is 7.80. The van der Waals surface area contributed by atoms with E-state index in [1.807, 2.05) is 80.6 Å². The summed E-state index contributed by atoms with van der Waals surface area (Å²) in [6.07, 6.45) is 4.16. The first kappa shape index (κ1) is 32.4. The number of hydrogen-bond acceptors (Lipinski definition) is 7. The van der Waals surface area contributed by atoms with Crippen LogP contribution in [0.1, 0.15) is 33.5 Å². The SMILES string of the molecule is COc1c(C)ccc(Cl)c1C(=O)Oc1cccc2cccnc12.Cc1ccc(CCC(=O)Oc2cccc3cccnc23)c(Cl)c1. The Labute approximate surface area is 276 Å². The van der Waals surface area contributed by atoms with Gasteiger partial charge in [-0.1, -0.05) is 77.8 Å². The van der Waals surface area contributed by atoms with Crippen molar-refractivity contribution in [2.75, 3.05) is 7.11 Å². The van der Waals surface area contributed by atoms with Gasteiger partial charge in [0.1, 0.15) is 22.3 Å². The Hall–Kier alpha value is -4.98. The Morgan fingerprint density at radius 2 is 1.33 bits per heavy atom. The van der Waals surface area contributed by atoms with Crippen LogP contribution in [0.3, 0.4) is 0 Å². The lowest BCUT2D eigenvalue weighted by molar-refractivity contribution is -0.134. The molecule has 0 amide bonds. The zero-order valence-electron chi connectivity index (χ0n) is 25.4. The van der Waals surface area contributed by atoms with Crippen molar-refractivity contribution in [2.45, 2.75) is 26.7 Å². The van der Waals surface area contributed by atoms with Gasteiger partial charge in [0.25, 0.3) is 0 Å². The standard InChI is InChI=1S/C19H16ClNO2.C18H14ClNO3/c1-13-7-8-14(16(20)12-13)9-10-18(22)23-17-6-2-4-15-5-3-11-21-19(15)17;1-11-8-9-13(19)15(17(11)22-2)18(21)23-14-7-3-5-12-6-4-10-20-16(12)14/h2-8,11-12H,9-10H2,1H3;3-10H,1-2H3. The van der Waals surface area contributed by atoms with Crippen molar-refractivity contribution in [2.24, 2.45) is 0 Å². The minimum Gasteiger partial charge on any atom is -0.496 e. The molecule has 0 radical (unpaired) electrons. The number of carbonyl (C=O) groups excluding carboxylic acids is 2. The van der Waals surface area contributed by atoms with E-state index in [2.05, 4.69) is 9.97 Å². The van der Waals surface area contributed by atoms with Crippen LogP contribution in [0.4, 0.5) is 0 Å². The summed E-state index contributed by atoms with van der Waals surface area (Å²) in [5, 5.41) is 2.80. The molecule has 0 aliphatic heterocycles. The number of fused-ring (bicyclic) bond motifs is 2. The van der Waals surface area contributed by atoms with Gasteiger partial charge >= 0.3 is 11.9 Å².